The van der Waals surface area contributed by atoms with E-state index in [-0.39, 0.29) is 5.97 Å². The van der Waals surface area contributed by atoms with E-state index in [2.05, 4.69) is 34.1 Å². The zero-order chi connectivity index (χ0) is 20.9. The molecule has 0 bridgehead atoms. The van der Waals surface area contributed by atoms with Crippen molar-refractivity contribution >= 4 is 29.1 Å². The zero-order valence-corrected chi connectivity index (χ0v) is 17.9. The Morgan fingerprint density at radius 2 is 2.10 bits per heavy atom. The van der Waals surface area contributed by atoms with Crippen molar-refractivity contribution < 1.29 is 14.3 Å². The Hall–Kier alpha value is -3.12. The Bertz CT molecular complexity index is 1060. The van der Waals surface area contributed by atoms with Crippen LogP contribution < -0.4 is 9.64 Å². The fourth-order valence-electron chi connectivity index (χ4n) is 3.70. The lowest BCUT2D eigenvalue weighted by atomic mass is 9.99. The van der Waals surface area contributed by atoms with E-state index in [1.165, 1.54) is 7.11 Å². The minimum absolute atomic E-state index is 0.280. The van der Waals surface area contributed by atoms with Gasteiger partial charge in [0, 0.05) is 34.9 Å². The third-order valence-electron chi connectivity index (χ3n) is 5.10. The van der Waals surface area contributed by atoms with Gasteiger partial charge in [-0.15, -0.1) is 11.3 Å². The van der Waals surface area contributed by atoms with Gasteiger partial charge in [-0.3, -0.25) is 0 Å². The topological polar surface area (TPSA) is 51.7 Å². The largest absolute Gasteiger partial charge is 0.493 e. The van der Waals surface area contributed by atoms with Crippen LogP contribution in [0.5, 0.6) is 5.75 Å². The number of para-hydroxylation sites is 1. The van der Waals surface area contributed by atoms with E-state index in [9.17, 15) is 4.79 Å². The van der Waals surface area contributed by atoms with E-state index >= 15 is 0 Å². The zero-order valence-electron chi connectivity index (χ0n) is 17.1. The van der Waals surface area contributed by atoms with Gasteiger partial charge in [0.2, 0.25) is 0 Å². The van der Waals surface area contributed by atoms with Crippen LogP contribution in [0.2, 0.25) is 0 Å². The summed E-state index contributed by atoms with van der Waals surface area (Å²) in [4.78, 5) is 19.0. The van der Waals surface area contributed by atoms with Crippen LogP contribution in [0.25, 0.3) is 17.2 Å². The lowest BCUT2D eigenvalue weighted by molar-refractivity contribution is -0.136. The molecule has 0 aliphatic carbocycles. The number of anilines is 1. The average Bonchev–Trinajstić information content (AvgIpc) is 3.22. The summed E-state index contributed by atoms with van der Waals surface area (Å²) in [6.07, 6.45) is 4.40. The van der Waals surface area contributed by atoms with Crippen LogP contribution in [0.4, 0.5) is 5.69 Å². The van der Waals surface area contributed by atoms with Gasteiger partial charge in [0.25, 0.3) is 0 Å². The van der Waals surface area contributed by atoms with Crippen molar-refractivity contribution in [2.24, 2.45) is 0 Å². The van der Waals surface area contributed by atoms with Crippen molar-refractivity contribution in [2.45, 2.75) is 19.9 Å². The second-order valence-electron chi connectivity index (χ2n) is 6.96. The fraction of sp³-hybridized carbons (Fsp3) is 0.250. The second kappa shape index (κ2) is 9.13. The Labute approximate surface area is 180 Å². The molecule has 0 fully saturated rings. The molecule has 0 unspecified atom stereocenters. The third-order valence-corrected chi connectivity index (χ3v) is 5.87. The summed E-state index contributed by atoms with van der Waals surface area (Å²) in [5.41, 5.74) is 4.84. The van der Waals surface area contributed by atoms with Crippen molar-refractivity contribution in [1.82, 2.24) is 4.98 Å². The summed E-state index contributed by atoms with van der Waals surface area (Å²) in [5, 5.41) is 3.04. The maximum atomic E-state index is 12.3. The van der Waals surface area contributed by atoms with Crippen molar-refractivity contribution in [3.63, 3.8) is 0 Å². The summed E-state index contributed by atoms with van der Waals surface area (Å²) in [6, 6.07) is 14.4. The molecule has 5 nitrogen and oxygen atoms in total. The molecule has 0 radical (unpaired) electrons. The van der Waals surface area contributed by atoms with E-state index in [4.69, 9.17) is 9.47 Å². The second-order valence-corrected chi connectivity index (χ2v) is 7.94. The minimum atomic E-state index is -0.280. The SMILES string of the molecule is CCOc1ccccc1-c1ccc2c(c1)C=C(C(=O)OC)CCN2Cc1nccs1. The van der Waals surface area contributed by atoms with Gasteiger partial charge in [-0.2, -0.15) is 0 Å². The quantitative estimate of drug-likeness (QED) is 0.515. The van der Waals surface area contributed by atoms with Gasteiger partial charge in [-0.05, 0) is 48.7 Å². The smallest absolute Gasteiger partial charge is 0.333 e. The number of benzene rings is 2. The molecule has 0 saturated carbocycles. The molecule has 2 heterocycles. The first-order chi connectivity index (χ1) is 14.7. The number of fused-ring (bicyclic) bond motifs is 1. The molecule has 1 aromatic heterocycles. The number of aromatic nitrogens is 1. The molecule has 1 aliphatic heterocycles. The number of hydrogen-bond acceptors (Lipinski definition) is 6. The number of methoxy groups -OCH3 is 1. The molecule has 0 spiro atoms. The van der Waals surface area contributed by atoms with Gasteiger partial charge in [0.1, 0.15) is 10.8 Å². The Balaban J connectivity index is 1.78. The summed E-state index contributed by atoms with van der Waals surface area (Å²) in [6.45, 7) is 4.02. The maximum Gasteiger partial charge on any atom is 0.333 e. The highest BCUT2D eigenvalue weighted by Crippen LogP contribution is 2.36. The van der Waals surface area contributed by atoms with E-state index in [1.54, 1.807) is 11.3 Å². The van der Waals surface area contributed by atoms with Gasteiger partial charge in [0.15, 0.2) is 0 Å². The molecule has 154 valence electrons. The third kappa shape index (κ3) is 4.24. The lowest BCUT2D eigenvalue weighted by Gasteiger charge is -2.24. The Morgan fingerprint density at radius 3 is 2.87 bits per heavy atom. The molecule has 3 aromatic rings. The van der Waals surface area contributed by atoms with Crippen molar-refractivity contribution in [2.75, 3.05) is 25.2 Å². The van der Waals surface area contributed by atoms with E-state index in [0.29, 0.717) is 25.1 Å². The summed E-state index contributed by atoms with van der Waals surface area (Å²) < 4.78 is 10.8. The molecule has 4 rings (SSSR count). The van der Waals surface area contributed by atoms with Crippen LogP contribution in [0.15, 0.2) is 59.6 Å². The average molecular weight is 421 g/mol. The molecular formula is C24H24N2O3S. The first kappa shape index (κ1) is 20.2. The number of carbonyl (C=O) groups excluding carboxylic acids is 1. The molecule has 0 N–H and O–H groups in total. The predicted molar refractivity (Wildman–Crippen MR) is 121 cm³/mol. The van der Waals surface area contributed by atoms with Gasteiger partial charge in [-0.25, -0.2) is 9.78 Å². The summed E-state index contributed by atoms with van der Waals surface area (Å²) >= 11 is 1.64. The number of thiazole rings is 1. The first-order valence-electron chi connectivity index (χ1n) is 9.98. The number of rotatable bonds is 6. The van der Waals surface area contributed by atoms with E-state index in [1.807, 2.05) is 42.8 Å². The highest BCUT2D eigenvalue weighted by molar-refractivity contribution is 7.09. The molecule has 6 heteroatoms. The van der Waals surface area contributed by atoms with E-state index < -0.39 is 0 Å². The number of esters is 1. The lowest BCUT2D eigenvalue weighted by Crippen LogP contribution is -2.24. The molecule has 1 aliphatic rings. The fourth-order valence-corrected chi connectivity index (χ4v) is 4.33. The molecule has 0 amide bonds. The van der Waals surface area contributed by atoms with Gasteiger partial charge < -0.3 is 14.4 Å². The van der Waals surface area contributed by atoms with Crippen LogP contribution in [0, 0.1) is 0 Å². The molecule has 2 aromatic carbocycles. The molecule has 0 saturated heterocycles. The van der Waals surface area contributed by atoms with Gasteiger partial charge >= 0.3 is 5.97 Å². The molecule has 0 atom stereocenters. The summed E-state index contributed by atoms with van der Waals surface area (Å²) in [5.74, 6) is 0.572. The van der Waals surface area contributed by atoms with Crippen molar-refractivity contribution in [3.05, 3.63) is 70.2 Å². The number of carbonyl (C=O) groups is 1. The van der Waals surface area contributed by atoms with Crippen LogP contribution in [0.3, 0.4) is 0 Å². The number of nitrogens with zero attached hydrogens (tertiary/aromatic N) is 2. The first-order valence-corrected chi connectivity index (χ1v) is 10.9. The highest BCUT2D eigenvalue weighted by atomic mass is 32.1. The molecular weight excluding hydrogens is 396 g/mol. The number of hydrogen-bond donors (Lipinski definition) is 0. The van der Waals surface area contributed by atoms with E-state index in [0.717, 1.165) is 39.7 Å². The highest BCUT2D eigenvalue weighted by Gasteiger charge is 2.21. The van der Waals surface area contributed by atoms with Gasteiger partial charge in [-0.1, -0.05) is 24.3 Å². The van der Waals surface area contributed by atoms with Crippen LogP contribution >= 0.6 is 11.3 Å². The standard InChI is InChI=1S/C24H24N2O3S/c1-3-29-22-7-5-4-6-20(22)17-8-9-21-19(14-17)15-18(24(27)28-2)10-12-26(21)16-23-25-11-13-30-23/h4-9,11,13-15H,3,10,12,16H2,1-2H3. The van der Waals surface area contributed by atoms with Crippen molar-refractivity contribution in [1.29, 1.82) is 0 Å². The molecule has 30 heavy (non-hydrogen) atoms. The Kier molecular flexibility index (Phi) is 6.14. The Morgan fingerprint density at radius 1 is 1.23 bits per heavy atom. The number of ether oxygens (including phenoxy) is 2. The van der Waals surface area contributed by atoms with Crippen molar-refractivity contribution in [3.8, 4) is 16.9 Å². The predicted octanol–water partition coefficient (Wildman–Crippen LogP) is 5.18. The maximum absolute atomic E-state index is 12.3. The summed E-state index contributed by atoms with van der Waals surface area (Å²) in [7, 11) is 1.43. The van der Waals surface area contributed by atoms with Crippen LogP contribution in [0.1, 0.15) is 23.9 Å². The van der Waals surface area contributed by atoms with Gasteiger partial charge in [0.05, 0.1) is 20.3 Å². The van der Waals surface area contributed by atoms with Crippen LogP contribution in [-0.4, -0.2) is 31.2 Å². The normalized spacial score (nSPS) is 13.3. The minimum Gasteiger partial charge on any atom is -0.493 e. The monoisotopic (exact) mass is 420 g/mol. The van der Waals surface area contributed by atoms with Crippen LogP contribution in [-0.2, 0) is 16.1 Å².